The number of carbonyl (C=O) groups excluding carboxylic acids is 1. The molecular formula is C16H20N2O2. The Morgan fingerprint density at radius 3 is 2.70 bits per heavy atom. The van der Waals surface area contributed by atoms with Crippen molar-refractivity contribution in [1.82, 2.24) is 10.2 Å². The van der Waals surface area contributed by atoms with Crippen LogP contribution in [-0.4, -0.2) is 42.1 Å². The number of morpholine rings is 1. The Morgan fingerprint density at radius 2 is 2.00 bits per heavy atom. The molecular weight excluding hydrogens is 252 g/mol. The lowest BCUT2D eigenvalue weighted by Crippen LogP contribution is -2.60. The van der Waals surface area contributed by atoms with E-state index in [2.05, 4.69) is 40.5 Å². The lowest BCUT2D eigenvalue weighted by atomic mass is 9.91. The Labute approximate surface area is 119 Å². The zero-order valence-electron chi connectivity index (χ0n) is 11.5. The first-order valence-corrected chi connectivity index (χ1v) is 7.48. The zero-order valence-corrected chi connectivity index (χ0v) is 11.5. The summed E-state index contributed by atoms with van der Waals surface area (Å²) in [5.41, 5.74) is 0.922. The molecule has 1 aromatic rings. The van der Waals surface area contributed by atoms with Crippen molar-refractivity contribution in [2.24, 2.45) is 5.92 Å². The molecule has 1 aromatic carbocycles. The molecule has 2 aliphatic heterocycles. The van der Waals surface area contributed by atoms with E-state index in [4.69, 9.17) is 4.74 Å². The second kappa shape index (κ2) is 4.57. The van der Waals surface area contributed by atoms with E-state index in [1.54, 1.807) is 0 Å². The van der Waals surface area contributed by atoms with Crippen molar-refractivity contribution in [3.63, 3.8) is 0 Å². The lowest BCUT2D eigenvalue weighted by Gasteiger charge is -2.45. The molecule has 0 radical (unpaired) electrons. The summed E-state index contributed by atoms with van der Waals surface area (Å²) in [7, 11) is 0. The van der Waals surface area contributed by atoms with Gasteiger partial charge in [-0.2, -0.15) is 0 Å². The molecule has 20 heavy (non-hydrogen) atoms. The second-order valence-corrected chi connectivity index (χ2v) is 6.30. The number of ether oxygens (including phenoxy) is 1. The molecule has 1 aliphatic carbocycles. The number of nitrogens with zero attached hydrogens (tertiary/aromatic N) is 1. The second-order valence-electron chi connectivity index (χ2n) is 6.30. The van der Waals surface area contributed by atoms with Crippen molar-refractivity contribution in [2.45, 2.75) is 31.1 Å². The first-order valence-electron chi connectivity index (χ1n) is 7.48. The maximum Gasteiger partial charge on any atom is 0.252 e. The number of amides is 1. The number of likely N-dealkylation sites (tertiary alicyclic amines) is 1. The minimum Gasteiger partial charge on any atom is -0.360 e. The van der Waals surface area contributed by atoms with Crippen molar-refractivity contribution in [3.8, 4) is 0 Å². The minimum atomic E-state index is -0.442. The van der Waals surface area contributed by atoms with E-state index in [9.17, 15) is 4.79 Å². The van der Waals surface area contributed by atoms with Gasteiger partial charge >= 0.3 is 0 Å². The van der Waals surface area contributed by atoms with Crippen molar-refractivity contribution in [2.75, 3.05) is 19.6 Å². The third-order valence-electron chi connectivity index (χ3n) is 4.72. The topological polar surface area (TPSA) is 41.6 Å². The largest absolute Gasteiger partial charge is 0.360 e. The summed E-state index contributed by atoms with van der Waals surface area (Å²) in [6.45, 7) is 3.85. The van der Waals surface area contributed by atoms with E-state index in [1.165, 1.54) is 5.56 Å². The number of rotatable bonds is 3. The highest BCUT2D eigenvalue weighted by Crippen LogP contribution is 2.44. The van der Waals surface area contributed by atoms with Gasteiger partial charge in [-0.05, 0) is 18.4 Å². The number of hydrogen-bond acceptors (Lipinski definition) is 3. The van der Waals surface area contributed by atoms with Crippen LogP contribution in [0.15, 0.2) is 30.3 Å². The van der Waals surface area contributed by atoms with Gasteiger partial charge < -0.3 is 10.1 Å². The Balaban J connectivity index is 1.30. The van der Waals surface area contributed by atoms with Gasteiger partial charge in [0.05, 0.1) is 6.10 Å². The van der Waals surface area contributed by atoms with Crippen LogP contribution < -0.4 is 5.32 Å². The smallest absolute Gasteiger partial charge is 0.252 e. The average molecular weight is 272 g/mol. The molecule has 1 N–H and O–H groups in total. The zero-order chi connectivity index (χ0) is 13.6. The van der Waals surface area contributed by atoms with Crippen LogP contribution in [0, 0.1) is 5.92 Å². The SMILES string of the molecule is O=C1NCC(C2CN(Cc3ccccc3)C2)OC12CC2. The third kappa shape index (κ3) is 2.13. The fraction of sp³-hybridized carbons (Fsp3) is 0.562. The van der Waals surface area contributed by atoms with E-state index in [1.807, 2.05) is 0 Å². The molecule has 1 spiro atoms. The van der Waals surface area contributed by atoms with E-state index < -0.39 is 5.60 Å². The van der Waals surface area contributed by atoms with Gasteiger partial charge in [0.25, 0.3) is 5.91 Å². The fourth-order valence-electron chi connectivity index (χ4n) is 3.28. The predicted octanol–water partition coefficient (Wildman–Crippen LogP) is 1.17. The van der Waals surface area contributed by atoms with Crippen LogP contribution in [0.2, 0.25) is 0 Å². The monoisotopic (exact) mass is 272 g/mol. The summed E-state index contributed by atoms with van der Waals surface area (Å²) in [4.78, 5) is 14.2. The molecule has 0 aromatic heterocycles. The Bertz CT molecular complexity index is 506. The third-order valence-corrected chi connectivity index (χ3v) is 4.72. The average Bonchev–Trinajstić information content (AvgIpc) is 3.19. The van der Waals surface area contributed by atoms with Gasteiger partial charge in [-0.1, -0.05) is 30.3 Å². The van der Waals surface area contributed by atoms with Gasteiger partial charge in [0.1, 0.15) is 5.60 Å². The minimum absolute atomic E-state index is 0.106. The van der Waals surface area contributed by atoms with Gasteiger partial charge in [-0.3, -0.25) is 9.69 Å². The van der Waals surface area contributed by atoms with Crippen molar-refractivity contribution in [1.29, 1.82) is 0 Å². The van der Waals surface area contributed by atoms with Crippen LogP contribution in [0.1, 0.15) is 18.4 Å². The number of carbonyl (C=O) groups is 1. The molecule has 3 fully saturated rings. The predicted molar refractivity (Wildman–Crippen MR) is 75.1 cm³/mol. The molecule has 2 heterocycles. The van der Waals surface area contributed by atoms with Gasteiger partial charge in [0.15, 0.2) is 0 Å². The molecule has 4 nitrogen and oxygen atoms in total. The van der Waals surface area contributed by atoms with E-state index >= 15 is 0 Å². The van der Waals surface area contributed by atoms with Gasteiger partial charge in [-0.25, -0.2) is 0 Å². The molecule has 2 saturated heterocycles. The van der Waals surface area contributed by atoms with E-state index in [0.717, 1.165) is 32.5 Å². The van der Waals surface area contributed by atoms with E-state index in [0.29, 0.717) is 12.5 Å². The molecule has 4 heteroatoms. The highest BCUT2D eigenvalue weighted by Gasteiger charge is 2.56. The number of benzene rings is 1. The molecule has 1 saturated carbocycles. The summed E-state index contributed by atoms with van der Waals surface area (Å²) >= 11 is 0. The maximum atomic E-state index is 11.7. The first kappa shape index (κ1) is 12.4. The molecule has 4 rings (SSSR count). The van der Waals surface area contributed by atoms with Gasteiger partial charge in [0, 0.05) is 32.1 Å². The van der Waals surface area contributed by atoms with E-state index in [-0.39, 0.29) is 12.0 Å². The number of hydrogen-bond donors (Lipinski definition) is 1. The fourth-order valence-corrected chi connectivity index (χ4v) is 3.28. The van der Waals surface area contributed by atoms with Crippen molar-refractivity contribution in [3.05, 3.63) is 35.9 Å². The quantitative estimate of drug-likeness (QED) is 0.898. The molecule has 1 atom stereocenters. The van der Waals surface area contributed by atoms with Crippen LogP contribution in [0.3, 0.4) is 0 Å². The van der Waals surface area contributed by atoms with Gasteiger partial charge in [-0.15, -0.1) is 0 Å². The summed E-state index contributed by atoms with van der Waals surface area (Å²) in [6, 6.07) is 10.6. The first-order chi connectivity index (χ1) is 9.75. The Morgan fingerprint density at radius 1 is 1.25 bits per heavy atom. The summed E-state index contributed by atoms with van der Waals surface area (Å²) < 4.78 is 6.06. The lowest BCUT2D eigenvalue weighted by molar-refractivity contribution is -0.160. The van der Waals surface area contributed by atoms with Crippen molar-refractivity contribution < 1.29 is 9.53 Å². The van der Waals surface area contributed by atoms with Crippen LogP contribution in [0.25, 0.3) is 0 Å². The Hall–Kier alpha value is -1.39. The summed E-state index contributed by atoms with van der Waals surface area (Å²) in [6.07, 6.45) is 2.01. The molecule has 106 valence electrons. The van der Waals surface area contributed by atoms with Gasteiger partial charge in [0.2, 0.25) is 0 Å². The molecule has 1 unspecified atom stereocenters. The summed E-state index contributed by atoms with van der Waals surface area (Å²) in [5, 5.41) is 3.02. The normalized spacial score (nSPS) is 29.0. The van der Waals surface area contributed by atoms with Crippen LogP contribution in [0.4, 0.5) is 0 Å². The standard InChI is InChI=1S/C16H20N2O2/c19-15-16(6-7-16)20-14(8-17-15)13-10-18(11-13)9-12-4-2-1-3-5-12/h1-5,13-14H,6-11H2,(H,17,19). The highest BCUT2D eigenvalue weighted by atomic mass is 16.5. The maximum absolute atomic E-state index is 11.7. The number of nitrogens with one attached hydrogen (secondary N) is 1. The van der Waals surface area contributed by atoms with Crippen LogP contribution in [0.5, 0.6) is 0 Å². The molecule has 1 amide bonds. The molecule has 0 bridgehead atoms. The summed E-state index contributed by atoms with van der Waals surface area (Å²) in [5.74, 6) is 0.672. The Kier molecular flexibility index (Phi) is 2.82. The molecule has 3 aliphatic rings. The van der Waals surface area contributed by atoms with Crippen molar-refractivity contribution >= 4 is 5.91 Å². The van der Waals surface area contributed by atoms with Crippen LogP contribution in [-0.2, 0) is 16.1 Å². The van der Waals surface area contributed by atoms with Crippen LogP contribution >= 0.6 is 0 Å². The highest BCUT2D eigenvalue weighted by molar-refractivity contribution is 5.88.